The van der Waals surface area contributed by atoms with Crippen molar-refractivity contribution in [3.05, 3.63) is 97.9 Å². The number of nitrogens with zero attached hydrogens (tertiary/aromatic N) is 1. The number of aryl methyl sites for hydroxylation is 1. The lowest BCUT2D eigenvalue weighted by molar-refractivity contribution is -0.123. The number of hydrogen-bond acceptors (Lipinski definition) is 6. The van der Waals surface area contributed by atoms with Gasteiger partial charge in [0.2, 0.25) is 0 Å². The average molecular weight is 528 g/mol. The normalized spacial score (nSPS) is 14.5. The highest BCUT2D eigenvalue weighted by atomic mass is 35.5. The summed E-state index contributed by atoms with van der Waals surface area (Å²) in [5.41, 5.74) is 2.74. The van der Waals surface area contributed by atoms with Gasteiger partial charge in [0.1, 0.15) is 0 Å². The molecule has 0 spiro atoms. The van der Waals surface area contributed by atoms with Gasteiger partial charge in [-0.05, 0) is 72.3 Å². The van der Waals surface area contributed by atoms with Crippen LogP contribution in [0.25, 0.3) is 6.08 Å². The Bertz CT molecular complexity index is 1350. The van der Waals surface area contributed by atoms with Gasteiger partial charge in [0.25, 0.3) is 11.1 Å². The number of carbonyl (C=O) groups is 3. The third-order valence-electron chi connectivity index (χ3n) is 5.17. The summed E-state index contributed by atoms with van der Waals surface area (Å²) in [6.45, 7) is 2.01. The molecule has 6 nitrogen and oxygen atoms in total. The number of esters is 1. The quantitative estimate of drug-likeness (QED) is 0.200. The average Bonchev–Trinajstić information content (AvgIpc) is 3.10. The second-order valence-corrected chi connectivity index (χ2v) is 9.49. The third-order valence-corrected chi connectivity index (χ3v) is 6.82. The molecule has 3 aromatic rings. The highest BCUT2D eigenvalue weighted by molar-refractivity contribution is 8.18. The van der Waals surface area contributed by atoms with E-state index >= 15 is 0 Å². The van der Waals surface area contributed by atoms with E-state index in [1.165, 1.54) is 7.11 Å². The molecule has 3 aromatic carbocycles. The number of halogens is 2. The first-order chi connectivity index (χ1) is 16.7. The van der Waals surface area contributed by atoms with Crippen LogP contribution in [0.4, 0.5) is 4.79 Å². The summed E-state index contributed by atoms with van der Waals surface area (Å²) in [6, 6.07) is 16.9. The summed E-state index contributed by atoms with van der Waals surface area (Å²) in [5.74, 6) is -0.378. The summed E-state index contributed by atoms with van der Waals surface area (Å²) >= 11 is 12.8. The highest BCUT2D eigenvalue weighted by Gasteiger charge is 2.35. The standard InChI is InChI=1S/C26H19Cl2NO5S/c1-15-3-7-18(8-4-15)25(31)34-21-10-6-16(12-22(21)33-2)13-23-24(30)29(26(32)35-23)14-17-5-9-19(27)20(28)11-17/h3-13H,14H2,1-2H3/b23-13-. The molecule has 0 aromatic heterocycles. The first kappa shape index (κ1) is 24.9. The number of benzene rings is 3. The molecule has 178 valence electrons. The molecule has 0 N–H and O–H groups in total. The van der Waals surface area contributed by atoms with Crippen LogP contribution in [-0.4, -0.2) is 29.1 Å². The van der Waals surface area contributed by atoms with Crippen molar-refractivity contribution in [1.82, 2.24) is 4.90 Å². The van der Waals surface area contributed by atoms with Crippen LogP contribution in [0.2, 0.25) is 10.0 Å². The second kappa shape index (κ2) is 10.6. The number of amides is 2. The zero-order chi connectivity index (χ0) is 25.1. The summed E-state index contributed by atoms with van der Waals surface area (Å²) in [6.07, 6.45) is 1.59. The molecule has 1 saturated heterocycles. The Kier molecular flexibility index (Phi) is 7.50. The van der Waals surface area contributed by atoms with Gasteiger partial charge in [-0.2, -0.15) is 0 Å². The molecule has 4 rings (SSSR count). The van der Waals surface area contributed by atoms with E-state index < -0.39 is 11.9 Å². The first-order valence-electron chi connectivity index (χ1n) is 10.4. The predicted molar refractivity (Wildman–Crippen MR) is 137 cm³/mol. The lowest BCUT2D eigenvalue weighted by Crippen LogP contribution is -2.27. The molecule has 2 amide bonds. The maximum absolute atomic E-state index is 12.9. The van der Waals surface area contributed by atoms with Gasteiger partial charge in [-0.1, -0.05) is 53.0 Å². The van der Waals surface area contributed by atoms with Crippen LogP contribution in [0, 0.1) is 6.92 Å². The number of ether oxygens (including phenoxy) is 2. The van der Waals surface area contributed by atoms with E-state index in [-0.39, 0.29) is 22.4 Å². The minimum atomic E-state index is -0.514. The van der Waals surface area contributed by atoms with E-state index in [0.29, 0.717) is 32.5 Å². The number of rotatable bonds is 6. The fourth-order valence-electron chi connectivity index (χ4n) is 3.31. The van der Waals surface area contributed by atoms with Crippen LogP contribution < -0.4 is 9.47 Å². The molecule has 0 bridgehead atoms. The molecule has 1 aliphatic heterocycles. The Morgan fingerprint density at radius 2 is 1.71 bits per heavy atom. The molecule has 0 saturated carbocycles. The molecular weight excluding hydrogens is 509 g/mol. The van der Waals surface area contributed by atoms with Gasteiger partial charge >= 0.3 is 5.97 Å². The molecule has 0 aliphatic carbocycles. The Labute approximate surface area is 216 Å². The number of carbonyl (C=O) groups excluding carboxylic acids is 3. The Morgan fingerprint density at radius 1 is 0.971 bits per heavy atom. The molecule has 9 heteroatoms. The van der Waals surface area contributed by atoms with Gasteiger partial charge < -0.3 is 9.47 Å². The van der Waals surface area contributed by atoms with Crippen molar-refractivity contribution >= 4 is 58.2 Å². The Morgan fingerprint density at radius 3 is 2.40 bits per heavy atom. The number of thioether (sulfide) groups is 1. The summed E-state index contributed by atoms with van der Waals surface area (Å²) in [7, 11) is 1.45. The van der Waals surface area contributed by atoms with E-state index in [1.807, 2.05) is 19.1 Å². The SMILES string of the molecule is COc1cc(/C=C2\SC(=O)N(Cc3ccc(Cl)c(Cl)c3)C2=O)ccc1OC(=O)c1ccc(C)cc1. The van der Waals surface area contributed by atoms with E-state index in [0.717, 1.165) is 22.2 Å². The number of hydrogen-bond donors (Lipinski definition) is 0. The van der Waals surface area contributed by atoms with Crippen LogP contribution in [-0.2, 0) is 11.3 Å². The molecule has 1 heterocycles. The largest absolute Gasteiger partial charge is 0.493 e. The van der Waals surface area contributed by atoms with Crippen molar-refractivity contribution in [2.24, 2.45) is 0 Å². The minimum Gasteiger partial charge on any atom is -0.493 e. The van der Waals surface area contributed by atoms with Crippen LogP contribution in [0.15, 0.2) is 65.6 Å². The van der Waals surface area contributed by atoms with Crippen molar-refractivity contribution in [3.63, 3.8) is 0 Å². The maximum atomic E-state index is 12.9. The van der Waals surface area contributed by atoms with Crippen LogP contribution in [0.1, 0.15) is 27.0 Å². The highest BCUT2D eigenvalue weighted by Crippen LogP contribution is 2.36. The molecule has 1 aliphatic rings. The summed E-state index contributed by atoms with van der Waals surface area (Å²) in [4.78, 5) is 39.2. The fraction of sp³-hybridized carbons (Fsp3) is 0.115. The molecule has 1 fully saturated rings. The van der Waals surface area contributed by atoms with Gasteiger partial charge in [-0.15, -0.1) is 0 Å². The maximum Gasteiger partial charge on any atom is 0.343 e. The minimum absolute atomic E-state index is 0.0795. The summed E-state index contributed by atoms with van der Waals surface area (Å²) in [5, 5.41) is 0.358. The monoisotopic (exact) mass is 527 g/mol. The smallest absolute Gasteiger partial charge is 0.343 e. The van der Waals surface area contributed by atoms with Crippen LogP contribution in [0.3, 0.4) is 0 Å². The molecule has 35 heavy (non-hydrogen) atoms. The van der Waals surface area contributed by atoms with Crippen molar-refractivity contribution in [2.75, 3.05) is 7.11 Å². The van der Waals surface area contributed by atoms with E-state index in [4.69, 9.17) is 32.7 Å². The Balaban J connectivity index is 1.51. The lowest BCUT2D eigenvalue weighted by Gasteiger charge is -2.13. The van der Waals surface area contributed by atoms with Gasteiger partial charge in [0, 0.05) is 0 Å². The van der Waals surface area contributed by atoms with Gasteiger partial charge in [0.05, 0.1) is 34.2 Å². The molecule has 0 unspecified atom stereocenters. The van der Waals surface area contributed by atoms with E-state index in [1.54, 1.807) is 54.6 Å². The topological polar surface area (TPSA) is 72.9 Å². The molecular formula is C26H19Cl2NO5S. The van der Waals surface area contributed by atoms with Crippen molar-refractivity contribution in [1.29, 1.82) is 0 Å². The van der Waals surface area contributed by atoms with Crippen molar-refractivity contribution < 1.29 is 23.9 Å². The van der Waals surface area contributed by atoms with Gasteiger partial charge in [-0.3, -0.25) is 14.5 Å². The van der Waals surface area contributed by atoms with Crippen molar-refractivity contribution in [2.45, 2.75) is 13.5 Å². The third kappa shape index (κ3) is 5.70. The van der Waals surface area contributed by atoms with Crippen molar-refractivity contribution in [3.8, 4) is 11.5 Å². The summed E-state index contributed by atoms with van der Waals surface area (Å²) < 4.78 is 10.9. The Hall–Kier alpha value is -3.26. The molecule has 0 radical (unpaired) electrons. The second-order valence-electron chi connectivity index (χ2n) is 7.68. The van der Waals surface area contributed by atoms with Gasteiger partial charge in [0.15, 0.2) is 11.5 Å². The first-order valence-corrected chi connectivity index (χ1v) is 12.0. The van der Waals surface area contributed by atoms with Gasteiger partial charge in [-0.25, -0.2) is 4.79 Å². The number of imide groups is 1. The van der Waals surface area contributed by atoms with E-state index in [2.05, 4.69) is 0 Å². The predicted octanol–water partition coefficient (Wildman–Crippen LogP) is 6.77. The van der Waals surface area contributed by atoms with E-state index in [9.17, 15) is 14.4 Å². The van der Waals surface area contributed by atoms with Crippen LogP contribution in [0.5, 0.6) is 11.5 Å². The fourth-order valence-corrected chi connectivity index (χ4v) is 4.47. The lowest BCUT2D eigenvalue weighted by atomic mass is 10.1. The number of methoxy groups -OCH3 is 1. The zero-order valence-electron chi connectivity index (χ0n) is 18.7. The molecule has 0 atom stereocenters. The zero-order valence-corrected chi connectivity index (χ0v) is 21.0. The van der Waals surface area contributed by atoms with Crippen LogP contribution >= 0.6 is 35.0 Å².